The zero-order valence-corrected chi connectivity index (χ0v) is 14.8. The van der Waals surface area contributed by atoms with Gasteiger partial charge in [0.2, 0.25) is 0 Å². The Morgan fingerprint density at radius 1 is 1.20 bits per heavy atom. The topological polar surface area (TPSA) is 64.0 Å². The van der Waals surface area contributed by atoms with E-state index in [9.17, 15) is 9.59 Å². The third-order valence-corrected chi connectivity index (χ3v) is 4.90. The van der Waals surface area contributed by atoms with E-state index in [0.717, 1.165) is 12.2 Å². The number of aryl methyl sites for hydroxylation is 1. The van der Waals surface area contributed by atoms with Crippen molar-refractivity contribution in [3.05, 3.63) is 70.8 Å². The molecule has 0 spiro atoms. The summed E-state index contributed by atoms with van der Waals surface area (Å²) in [7, 11) is 1.66. The Bertz CT molecular complexity index is 938. The number of thioether (sulfide) groups is 1. The fourth-order valence-electron chi connectivity index (χ4n) is 2.43. The molecular formula is C19H19N3O2S. The van der Waals surface area contributed by atoms with Gasteiger partial charge in [0.15, 0.2) is 0 Å². The molecule has 1 heterocycles. The van der Waals surface area contributed by atoms with Gasteiger partial charge in [-0.3, -0.25) is 9.59 Å². The van der Waals surface area contributed by atoms with E-state index in [1.807, 2.05) is 18.2 Å². The van der Waals surface area contributed by atoms with Crippen molar-refractivity contribution in [3.63, 3.8) is 0 Å². The number of nitrogens with one attached hydrogen (secondary N) is 1. The first kappa shape index (κ1) is 17.2. The molecule has 0 atom stereocenters. The van der Waals surface area contributed by atoms with Crippen molar-refractivity contribution >= 4 is 28.6 Å². The van der Waals surface area contributed by atoms with Gasteiger partial charge >= 0.3 is 0 Å². The van der Waals surface area contributed by atoms with Crippen molar-refractivity contribution in [1.29, 1.82) is 0 Å². The van der Waals surface area contributed by atoms with Crippen LogP contribution in [0.25, 0.3) is 10.9 Å². The van der Waals surface area contributed by atoms with Gasteiger partial charge in [-0.15, -0.1) is 11.8 Å². The van der Waals surface area contributed by atoms with Gasteiger partial charge in [0.25, 0.3) is 11.5 Å². The average Bonchev–Trinajstić information content (AvgIpc) is 2.65. The van der Waals surface area contributed by atoms with Gasteiger partial charge in [-0.05, 0) is 42.5 Å². The number of nitrogens with zero attached hydrogens (tertiary/aromatic N) is 2. The minimum atomic E-state index is -0.144. The number of hydrogen-bond acceptors (Lipinski definition) is 4. The van der Waals surface area contributed by atoms with Crippen LogP contribution in [-0.4, -0.2) is 27.8 Å². The molecule has 6 heteroatoms. The van der Waals surface area contributed by atoms with Gasteiger partial charge in [-0.25, -0.2) is 4.98 Å². The van der Waals surface area contributed by atoms with E-state index in [2.05, 4.69) is 22.4 Å². The van der Waals surface area contributed by atoms with Crippen LogP contribution >= 0.6 is 11.8 Å². The van der Waals surface area contributed by atoms with E-state index in [4.69, 9.17) is 0 Å². The molecule has 0 aliphatic rings. The smallest absolute Gasteiger partial charge is 0.260 e. The zero-order valence-electron chi connectivity index (χ0n) is 13.9. The number of amides is 1. The molecular weight excluding hydrogens is 334 g/mol. The average molecular weight is 353 g/mol. The Hall–Kier alpha value is -2.60. The molecule has 0 fully saturated rings. The summed E-state index contributed by atoms with van der Waals surface area (Å²) in [6.07, 6.45) is 2.35. The van der Waals surface area contributed by atoms with E-state index in [0.29, 0.717) is 23.0 Å². The predicted octanol–water partition coefficient (Wildman–Crippen LogP) is 2.85. The third-order valence-electron chi connectivity index (χ3n) is 3.80. The Morgan fingerprint density at radius 3 is 2.80 bits per heavy atom. The summed E-state index contributed by atoms with van der Waals surface area (Å²) in [6.45, 7) is 0.612. The lowest BCUT2D eigenvalue weighted by Crippen LogP contribution is -2.25. The minimum absolute atomic E-state index is 0.116. The molecule has 0 unspecified atom stereocenters. The van der Waals surface area contributed by atoms with Gasteiger partial charge in [-0.1, -0.05) is 18.2 Å². The van der Waals surface area contributed by atoms with Crippen LogP contribution < -0.4 is 10.9 Å². The van der Waals surface area contributed by atoms with Crippen molar-refractivity contribution in [2.45, 2.75) is 11.3 Å². The van der Waals surface area contributed by atoms with Crippen molar-refractivity contribution in [1.82, 2.24) is 14.9 Å². The summed E-state index contributed by atoms with van der Waals surface area (Å²) in [5, 5.41) is 3.43. The number of aromatic nitrogens is 2. The van der Waals surface area contributed by atoms with Gasteiger partial charge in [0.05, 0.1) is 17.2 Å². The SMILES string of the molecule is Cn1cnc2cc(C(=O)NCCCSc3ccccc3)ccc2c1=O. The largest absolute Gasteiger partial charge is 0.352 e. The Kier molecular flexibility index (Phi) is 5.50. The second-order valence-electron chi connectivity index (χ2n) is 5.66. The summed E-state index contributed by atoms with van der Waals surface area (Å²) in [5.41, 5.74) is 0.939. The normalized spacial score (nSPS) is 10.8. The molecule has 1 aromatic heterocycles. The minimum Gasteiger partial charge on any atom is -0.352 e. The van der Waals surface area contributed by atoms with E-state index < -0.39 is 0 Å². The van der Waals surface area contributed by atoms with Crippen molar-refractivity contribution in [2.24, 2.45) is 7.05 Å². The molecule has 25 heavy (non-hydrogen) atoms. The molecule has 0 radical (unpaired) electrons. The summed E-state index contributed by atoms with van der Waals surface area (Å²) in [4.78, 5) is 29.7. The van der Waals surface area contributed by atoms with Crippen molar-refractivity contribution in [2.75, 3.05) is 12.3 Å². The van der Waals surface area contributed by atoms with Crippen LogP contribution in [0.4, 0.5) is 0 Å². The zero-order chi connectivity index (χ0) is 17.6. The third kappa shape index (κ3) is 4.28. The van der Waals surface area contributed by atoms with Crippen LogP contribution in [-0.2, 0) is 7.05 Å². The number of fused-ring (bicyclic) bond motifs is 1. The molecule has 1 N–H and O–H groups in total. The van der Waals surface area contributed by atoms with E-state index in [1.54, 1.807) is 37.0 Å². The summed E-state index contributed by atoms with van der Waals surface area (Å²) in [6, 6.07) is 15.2. The van der Waals surface area contributed by atoms with Gasteiger partial charge in [0, 0.05) is 24.1 Å². The lowest BCUT2D eigenvalue weighted by molar-refractivity contribution is 0.0954. The highest BCUT2D eigenvalue weighted by molar-refractivity contribution is 7.99. The van der Waals surface area contributed by atoms with Crippen molar-refractivity contribution in [3.8, 4) is 0 Å². The van der Waals surface area contributed by atoms with Gasteiger partial charge in [-0.2, -0.15) is 0 Å². The molecule has 0 aliphatic carbocycles. The van der Waals surface area contributed by atoms with Gasteiger partial charge < -0.3 is 9.88 Å². The van der Waals surface area contributed by atoms with Crippen LogP contribution in [0.3, 0.4) is 0 Å². The number of carbonyl (C=O) groups excluding carboxylic acids is 1. The van der Waals surface area contributed by atoms with Crippen LogP contribution in [0, 0.1) is 0 Å². The molecule has 128 valence electrons. The number of rotatable bonds is 6. The van der Waals surface area contributed by atoms with Crippen LogP contribution in [0.2, 0.25) is 0 Å². The second kappa shape index (κ2) is 7.98. The second-order valence-corrected chi connectivity index (χ2v) is 6.83. The maximum absolute atomic E-state index is 12.2. The number of hydrogen-bond donors (Lipinski definition) is 1. The first-order valence-corrected chi connectivity index (χ1v) is 9.05. The monoisotopic (exact) mass is 353 g/mol. The predicted molar refractivity (Wildman–Crippen MR) is 101 cm³/mol. The fraction of sp³-hybridized carbons (Fsp3) is 0.211. The maximum Gasteiger partial charge on any atom is 0.260 e. The molecule has 5 nitrogen and oxygen atoms in total. The quantitative estimate of drug-likeness (QED) is 0.547. The first-order chi connectivity index (χ1) is 12.1. The Labute approximate surface area is 150 Å². The molecule has 0 saturated heterocycles. The molecule has 0 bridgehead atoms. The number of carbonyl (C=O) groups is 1. The van der Waals surface area contributed by atoms with Crippen molar-refractivity contribution < 1.29 is 4.79 Å². The van der Waals surface area contributed by atoms with Crippen LogP contribution in [0.5, 0.6) is 0 Å². The standard InChI is InChI=1S/C19H19N3O2S/c1-22-13-21-17-12-14(8-9-16(17)19(22)24)18(23)20-10-5-11-25-15-6-3-2-4-7-15/h2-4,6-9,12-13H,5,10-11H2,1H3,(H,20,23). The van der Waals surface area contributed by atoms with Crippen LogP contribution in [0.1, 0.15) is 16.8 Å². The highest BCUT2D eigenvalue weighted by Gasteiger charge is 2.08. The lowest BCUT2D eigenvalue weighted by Gasteiger charge is -2.07. The molecule has 3 rings (SSSR count). The molecule has 3 aromatic rings. The summed E-state index contributed by atoms with van der Waals surface area (Å²) in [5.74, 6) is 0.800. The maximum atomic E-state index is 12.2. The Balaban J connectivity index is 1.54. The van der Waals surface area contributed by atoms with E-state index >= 15 is 0 Å². The molecule has 2 aromatic carbocycles. The Morgan fingerprint density at radius 2 is 2.00 bits per heavy atom. The molecule has 0 saturated carbocycles. The highest BCUT2D eigenvalue weighted by Crippen LogP contribution is 2.17. The summed E-state index contributed by atoms with van der Waals surface area (Å²) >= 11 is 1.77. The summed E-state index contributed by atoms with van der Waals surface area (Å²) < 4.78 is 1.42. The van der Waals surface area contributed by atoms with E-state index in [1.165, 1.54) is 15.8 Å². The van der Waals surface area contributed by atoms with E-state index in [-0.39, 0.29) is 11.5 Å². The highest BCUT2D eigenvalue weighted by atomic mass is 32.2. The molecule has 1 amide bonds. The van der Waals surface area contributed by atoms with Crippen LogP contribution in [0.15, 0.2) is 64.5 Å². The van der Waals surface area contributed by atoms with Gasteiger partial charge in [0.1, 0.15) is 0 Å². The first-order valence-electron chi connectivity index (χ1n) is 8.06. The lowest BCUT2D eigenvalue weighted by atomic mass is 10.1. The molecule has 0 aliphatic heterocycles. The number of benzene rings is 2. The fourth-order valence-corrected chi connectivity index (χ4v) is 3.31.